The molecule has 1 aromatic carbocycles. The van der Waals surface area contributed by atoms with Crippen molar-refractivity contribution in [2.45, 2.75) is 25.4 Å². The number of rotatable bonds is 7. The number of carboxylic acid groups (broad SMARTS) is 1. The number of aromatic nitrogens is 3. The van der Waals surface area contributed by atoms with Crippen molar-refractivity contribution in [1.29, 1.82) is 0 Å². The molecule has 0 saturated carbocycles. The number of hydrogen-bond acceptors (Lipinski definition) is 5. The van der Waals surface area contributed by atoms with Gasteiger partial charge in [0.05, 0.1) is 25.1 Å². The van der Waals surface area contributed by atoms with Crippen molar-refractivity contribution in [1.82, 2.24) is 19.4 Å². The Morgan fingerprint density at radius 3 is 2.91 bits per heavy atom. The normalized spacial score (nSPS) is 19.4. The van der Waals surface area contributed by atoms with Crippen LogP contribution in [0.3, 0.4) is 0 Å². The lowest BCUT2D eigenvalue weighted by Crippen LogP contribution is -2.44. The number of imidazole rings is 1. The van der Waals surface area contributed by atoms with Gasteiger partial charge in [0, 0.05) is 37.6 Å². The number of halogens is 1. The molecule has 178 valence electrons. The molecule has 0 unspecified atom stereocenters. The molecule has 0 bridgehead atoms. The largest absolute Gasteiger partial charge is 0.497 e. The Labute approximate surface area is 198 Å². The van der Waals surface area contributed by atoms with E-state index in [1.54, 1.807) is 37.7 Å². The molecule has 3 atom stereocenters. The SMILES string of the molecule is COc1ccc2nccc([C@H](F)CC[C@@H]3CCN(CC#Cc4nccn4C)C[C@@H]3C(=O)O)c2c1. The Balaban J connectivity index is 1.38. The third-order valence-electron chi connectivity index (χ3n) is 6.59. The van der Waals surface area contributed by atoms with E-state index in [-0.39, 0.29) is 12.3 Å². The van der Waals surface area contributed by atoms with Crippen LogP contribution in [0.15, 0.2) is 42.9 Å². The van der Waals surface area contributed by atoms with E-state index in [2.05, 4.69) is 26.7 Å². The number of carboxylic acids is 1. The number of pyridine rings is 1. The highest BCUT2D eigenvalue weighted by atomic mass is 19.1. The fourth-order valence-electron chi connectivity index (χ4n) is 4.62. The molecule has 0 amide bonds. The van der Waals surface area contributed by atoms with E-state index in [9.17, 15) is 9.90 Å². The number of aryl methyl sites for hydroxylation is 1. The maximum Gasteiger partial charge on any atom is 0.308 e. The molecule has 2 aromatic heterocycles. The zero-order valence-electron chi connectivity index (χ0n) is 19.4. The minimum atomic E-state index is -1.20. The van der Waals surface area contributed by atoms with Crippen LogP contribution < -0.4 is 4.74 Å². The van der Waals surface area contributed by atoms with Crippen LogP contribution in [0.1, 0.15) is 36.8 Å². The van der Waals surface area contributed by atoms with Crippen molar-refractivity contribution in [3.63, 3.8) is 0 Å². The molecule has 3 heterocycles. The summed E-state index contributed by atoms with van der Waals surface area (Å²) >= 11 is 0. The van der Waals surface area contributed by atoms with Crippen molar-refractivity contribution in [3.05, 3.63) is 54.2 Å². The molecule has 0 spiro atoms. The highest BCUT2D eigenvalue weighted by Gasteiger charge is 2.34. The Morgan fingerprint density at radius 1 is 1.32 bits per heavy atom. The van der Waals surface area contributed by atoms with Crippen LogP contribution >= 0.6 is 0 Å². The van der Waals surface area contributed by atoms with Crippen LogP contribution in [0.4, 0.5) is 4.39 Å². The molecule has 1 aliphatic heterocycles. The minimum Gasteiger partial charge on any atom is -0.497 e. The second-order valence-corrected chi connectivity index (χ2v) is 8.72. The summed E-state index contributed by atoms with van der Waals surface area (Å²) in [5.74, 6) is 6.01. The van der Waals surface area contributed by atoms with Crippen molar-refractivity contribution < 1.29 is 19.0 Å². The van der Waals surface area contributed by atoms with Crippen molar-refractivity contribution in [3.8, 4) is 17.6 Å². The molecule has 7 nitrogen and oxygen atoms in total. The monoisotopic (exact) mass is 464 g/mol. The molecule has 0 radical (unpaired) electrons. The summed E-state index contributed by atoms with van der Waals surface area (Å²) in [6, 6.07) is 7.12. The number of carbonyl (C=O) groups is 1. The number of benzene rings is 1. The number of hydrogen-bond donors (Lipinski definition) is 1. The Kier molecular flexibility index (Phi) is 7.43. The number of nitrogens with zero attached hydrogens (tertiary/aromatic N) is 4. The standard InChI is InChI=1S/C26H29FN4O3/c1-30-15-12-29-25(30)4-3-13-31-14-10-18(22(17-31)26(32)33)5-7-23(27)20-9-11-28-24-8-6-19(34-2)16-21(20)24/h6,8-9,11-12,15-16,18,22-23H,5,7,10,13-14,17H2,1-2H3,(H,32,33)/t18-,22+,23-/m1/s1. The number of fused-ring (bicyclic) bond motifs is 1. The van der Waals surface area contributed by atoms with Crippen LogP contribution in [0.5, 0.6) is 5.75 Å². The molecule has 1 saturated heterocycles. The maximum absolute atomic E-state index is 15.3. The molecule has 1 fully saturated rings. The lowest BCUT2D eigenvalue weighted by atomic mass is 9.81. The van der Waals surface area contributed by atoms with Crippen LogP contribution in [0.2, 0.25) is 0 Å². The lowest BCUT2D eigenvalue weighted by molar-refractivity contribution is -0.146. The molecule has 1 N–H and O–H groups in total. The van der Waals surface area contributed by atoms with E-state index < -0.39 is 18.1 Å². The van der Waals surface area contributed by atoms with Gasteiger partial charge in [-0.1, -0.05) is 5.92 Å². The van der Waals surface area contributed by atoms with Crippen molar-refractivity contribution in [2.24, 2.45) is 18.9 Å². The maximum atomic E-state index is 15.3. The van der Waals surface area contributed by atoms with Gasteiger partial charge < -0.3 is 14.4 Å². The second-order valence-electron chi connectivity index (χ2n) is 8.72. The van der Waals surface area contributed by atoms with E-state index >= 15 is 4.39 Å². The zero-order valence-corrected chi connectivity index (χ0v) is 19.4. The summed E-state index contributed by atoms with van der Waals surface area (Å²) in [5, 5.41) is 10.6. The van der Waals surface area contributed by atoms with E-state index in [1.807, 2.05) is 23.9 Å². The second kappa shape index (κ2) is 10.7. The summed E-state index contributed by atoms with van der Waals surface area (Å²) < 4.78 is 22.5. The third-order valence-corrected chi connectivity index (χ3v) is 6.59. The van der Waals surface area contributed by atoms with Gasteiger partial charge in [0.25, 0.3) is 0 Å². The molecule has 1 aliphatic rings. The first-order valence-electron chi connectivity index (χ1n) is 11.4. The number of alkyl halides is 1. The highest BCUT2D eigenvalue weighted by molar-refractivity contribution is 5.83. The molecular weight excluding hydrogens is 435 g/mol. The summed E-state index contributed by atoms with van der Waals surface area (Å²) in [6.45, 7) is 1.65. The molecule has 4 rings (SSSR count). The number of ether oxygens (including phenoxy) is 1. The van der Waals surface area contributed by atoms with Crippen LogP contribution in [-0.2, 0) is 11.8 Å². The quantitative estimate of drug-likeness (QED) is 0.535. The fraction of sp³-hybridized carbons (Fsp3) is 0.423. The van der Waals surface area contributed by atoms with Crippen molar-refractivity contribution >= 4 is 16.9 Å². The van der Waals surface area contributed by atoms with Crippen molar-refractivity contribution in [2.75, 3.05) is 26.7 Å². The van der Waals surface area contributed by atoms with E-state index in [4.69, 9.17) is 4.74 Å². The molecular formula is C26H29FN4O3. The predicted octanol–water partition coefficient (Wildman–Crippen LogP) is 3.84. The Hall–Kier alpha value is -3.44. The lowest BCUT2D eigenvalue weighted by Gasteiger charge is -2.35. The first kappa shape index (κ1) is 23.7. The summed E-state index contributed by atoms with van der Waals surface area (Å²) in [7, 11) is 3.46. The van der Waals surface area contributed by atoms with Gasteiger partial charge in [0.1, 0.15) is 11.9 Å². The Bertz CT molecular complexity index is 1220. The number of likely N-dealkylation sites (tertiary alicyclic amines) is 1. The number of aliphatic carboxylic acids is 1. The van der Waals surface area contributed by atoms with Crippen LogP contribution in [0, 0.1) is 23.7 Å². The smallest absolute Gasteiger partial charge is 0.308 e. The third kappa shape index (κ3) is 5.37. The van der Waals surface area contributed by atoms with Crippen LogP contribution in [0.25, 0.3) is 10.9 Å². The zero-order chi connectivity index (χ0) is 24.1. The molecule has 3 aromatic rings. The number of piperidine rings is 1. The highest BCUT2D eigenvalue weighted by Crippen LogP contribution is 2.35. The van der Waals surface area contributed by atoms with Gasteiger partial charge in [-0.2, -0.15) is 0 Å². The predicted molar refractivity (Wildman–Crippen MR) is 127 cm³/mol. The van der Waals surface area contributed by atoms with Gasteiger partial charge in [-0.3, -0.25) is 14.7 Å². The number of methoxy groups -OCH3 is 1. The van der Waals surface area contributed by atoms with Gasteiger partial charge in [-0.05, 0) is 67.5 Å². The summed E-state index contributed by atoms with van der Waals surface area (Å²) in [5.41, 5.74) is 1.28. The summed E-state index contributed by atoms with van der Waals surface area (Å²) in [6.07, 6.45) is 5.43. The molecule has 8 heteroatoms. The van der Waals surface area contributed by atoms with Gasteiger partial charge in [0.2, 0.25) is 0 Å². The first-order valence-corrected chi connectivity index (χ1v) is 11.4. The van der Waals surface area contributed by atoms with Gasteiger partial charge in [-0.25, -0.2) is 9.37 Å². The van der Waals surface area contributed by atoms with E-state index in [0.29, 0.717) is 48.6 Å². The summed E-state index contributed by atoms with van der Waals surface area (Å²) in [4.78, 5) is 22.5. The minimum absolute atomic E-state index is 0.0721. The van der Waals surface area contributed by atoms with Gasteiger partial charge >= 0.3 is 5.97 Å². The topological polar surface area (TPSA) is 80.5 Å². The van der Waals surface area contributed by atoms with Crippen LogP contribution in [-0.4, -0.2) is 57.3 Å². The fourth-order valence-corrected chi connectivity index (χ4v) is 4.62. The van der Waals surface area contributed by atoms with Gasteiger partial charge in [-0.15, -0.1) is 0 Å². The average Bonchev–Trinajstić information content (AvgIpc) is 3.26. The van der Waals surface area contributed by atoms with E-state index in [0.717, 1.165) is 11.9 Å². The first-order chi connectivity index (χ1) is 16.5. The molecule has 0 aliphatic carbocycles. The van der Waals surface area contributed by atoms with Gasteiger partial charge in [0.15, 0.2) is 5.82 Å². The van der Waals surface area contributed by atoms with E-state index in [1.165, 1.54) is 0 Å². The Morgan fingerprint density at radius 2 is 2.18 bits per heavy atom. The average molecular weight is 465 g/mol. The molecule has 34 heavy (non-hydrogen) atoms.